The number of fused-ring (bicyclic) bond motifs is 1. The van der Waals surface area contributed by atoms with E-state index in [1.165, 1.54) is 30.5 Å². The van der Waals surface area contributed by atoms with Crippen LogP contribution in [0.5, 0.6) is 0 Å². The molecule has 0 amide bonds. The van der Waals surface area contributed by atoms with Gasteiger partial charge < -0.3 is 10.1 Å². The van der Waals surface area contributed by atoms with Gasteiger partial charge in [-0.15, -0.1) is 0 Å². The molecule has 1 atom stereocenters. The first kappa shape index (κ1) is 10.5. The monoisotopic (exact) mass is 205 g/mol. The zero-order chi connectivity index (χ0) is 10.5. The van der Waals surface area contributed by atoms with Gasteiger partial charge in [-0.1, -0.05) is 18.2 Å². The van der Waals surface area contributed by atoms with Crippen molar-refractivity contribution >= 4 is 5.69 Å². The van der Waals surface area contributed by atoms with E-state index in [1.54, 1.807) is 7.11 Å². The molecule has 2 heteroatoms. The lowest BCUT2D eigenvalue weighted by Crippen LogP contribution is -2.23. The molecule has 0 aliphatic carbocycles. The average Bonchev–Trinajstić information content (AvgIpc) is 2.29. The number of benzene rings is 1. The Morgan fingerprint density at radius 3 is 3.13 bits per heavy atom. The quantitative estimate of drug-likeness (QED) is 0.763. The molecule has 0 unspecified atom stereocenters. The van der Waals surface area contributed by atoms with E-state index in [0.29, 0.717) is 0 Å². The maximum Gasteiger partial charge on any atom is 0.0462 e. The van der Waals surface area contributed by atoms with Crippen LogP contribution in [0.3, 0.4) is 0 Å². The van der Waals surface area contributed by atoms with Crippen molar-refractivity contribution in [1.29, 1.82) is 0 Å². The number of hydrogen-bond donors (Lipinski definition) is 1. The highest BCUT2D eigenvalue weighted by atomic mass is 16.5. The smallest absolute Gasteiger partial charge is 0.0462 e. The summed E-state index contributed by atoms with van der Waals surface area (Å²) < 4.78 is 5.08. The molecule has 1 aromatic carbocycles. The summed E-state index contributed by atoms with van der Waals surface area (Å²) in [5.41, 5.74) is 2.78. The number of para-hydroxylation sites is 1. The largest absolute Gasteiger partial charge is 0.385 e. The number of anilines is 1. The Hall–Kier alpha value is -1.02. The van der Waals surface area contributed by atoms with Crippen molar-refractivity contribution in [2.24, 2.45) is 5.92 Å². The lowest BCUT2D eigenvalue weighted by Gasteiger charge is -2.26. The van der Waals surface area contributed by atoms with Gasteiger partial charge in [0.2, 0.25) is 0 Å². The van der Waals surface area contributed by atoms with Gasteiger partial charge in [-0.2, -0.15) is 0 Å². The van der Waals surface area contributed by atoms with Gasteiger partial charge in [0.15, 0.2) is 0 Å². The lowest BCUT2D eigenvalue weighted by molar-refractivity contribution is 0.187. The van der Waals surface area contributed by atoms with E-state index < -0.39 is 0 Å². The summed E-state index contributed by atoms with van der Waals surface area (Å²) in [6.45, 7) is 2.00. The van der Waals surface area contributed by atoms with E-state index in [0.717, 1.165) is 19.1 Å². The highest BCUT2D eigenvalue weighted by Gasteiger charge is 2.16. The van der Waals surface area contributed by atoms with E-state index >= 15 is 0 Å². The minimum atomic E-state index is 0.773. The predicted molar refractivity (Wildman–Crippen MR) is 63.2 cm³/mol. The van der Waals surface area contributed by atoms with Crippen LogP contribution < -0.4 is 5.32 Å². The second-order valence-electron chi connectivity index (χ2n) is 4.24. The van der Waals surface area contributed by atoms with Gasteiger partial charge in [0.1, 0.15) is 0 Å². The Morgan fingerprint density at radius 1 is 1.40 bits per heavy atom. The molecule has 2 rings (SSSR count). The molecule has 1 heterocycles. The second-order valence-corrected chi connectivity index (χ2v) is 4.24. The van der Waals surface area contributed by atoms with Gasteiger partial charge in [-0.25, -0.2) is 0 Å². The van der Waals surface area contributed by atoms with Crippen molar-refractivity contribution in [2.75, 3.05) is 25.6 Å². The fraction of sp³-hybridized carbons (Fsp3) is 0.538. The van der Waals surface area contributed by atoms with Crippen LogP contribution in [0.1, 0.15) is 18.4 Å². The summed E-state index contributed by atoms with van der Waals surface area (Å²) in [6, 6.07) is 8.61. The third-order valence-corrected chi connectivity index (χ3v) is 3.07. The van der Waals surface area contributed by atoms with Crippen LogP contribution in [-0.4, -0.2) is 20.3 Å². The Labute approximate surface area is 91.6 Å². The molecule has 2 nitrogen and oxygen atoms in total. The summed E-state index contributed by atoms with van der Waals surface area (Å²) in [5.74, 6) is 0.773. The summed E-state index contributed by atoms with van der Waals surface area (Å²) in [5, 5.41) is 3.50. The second kappa shape index (κ2) is 5.17. The molecule has 1 N–H and O–H groups in total. The number of hydrogen-bond acceptors (Lipinski definition) is 2. The Balaban J connectivity index is 1.88. The molecule has 15 heavy (non-hydrogen) atoms. The molecule has 0 bridgehead atoms. The van der Waals surface area contributed by atoms with Gasteiger partial charge in [0, 0.05) is 25.9 Å². The Kier molecular flexibility index (Phi) is 3.62. The molecule has 0 radical (unpaired) electrons. The first-order valence-electron chi connectivity index (χ1n) is 5.71. The van der Waals surface area contributed by atoms with Crippen molar-refractivity contribution in [2.45, 2.75) is 19.3 Å². The average molecular weight is 205 g/mol. The molecule has 82 valence electrons. The van der Waals surface area contributed by atoms with Crippen molar-refractivity contribution in [3.63, 3.8) is 0 Å². The number of ether oxygens (including phenoxy) is 1. The molecule has 0 fully saturated rings. The number of nitrogens with one attached hydrogen (secondary N) is 1. The van der Waals surface area contributed by atoms with Gasteiger partial charge in [0.25, 0.3) is 0 Å². The van der Waals surface area contributed by atoms with Crippen LogP contribution >= 0.6 is 0 Å². The van der Waals surface area contributed by atoms with E-state index in [9.17, 15) is 0 Å². The van der Waals surface area contributed by atoms with Gasteiger partial charge >= 0.3 is 0 Å². The predicted octanol–water partition coefficient (Wildman–Crippen LogP) is 2.70. The number of methoxy groups -OCH3 is 1. The van der Waals surface area contributed by atoms with E-state index in [4.69, 9.17) is 4.74 Å². The topological polar surface area (TPSA) is 21.3 Å². The fourth-order valence-corrected chi connectivity index (χ4v) is 2.23. The third-order valence-electron chi connectivity index (χ3n) is 3.07. The van der Waals surface area contributed by atoms with Crippen LogP contribution in [-0.2, 0) is 11.2 Å². The zero-order valence-electron chi connectivity index (χ0n) is 9.33. The third kappa shape index (κ3) is 2.72. The molecule has 0 saturated heterocycles. The van der Waals surface area contributed by atoms with Crippen LogP contribution in [0.2, 0.25) is 0 Å². The van der Waals surface area contributed by atoms with E-state index in [1.807, 2.05) is 0 Å². The SMILES string of the molecule is COCCC[C@H]1CNc2ccccc2C1. The highest BCUT2D eigenvalue weighted by Crippen LogP contribution is 2.26. The molecular formula is C13H19NO. The van der Waals surface area contributed by atoms with Crippen LogP contribution in [0.4, 0.5) is 5.69 Å². The highest BCUT2D eigenvalue weighted by molar-refractivity contribution is 5.53. The van der Waals surface area contributed by atoms with Crippen molar-refractivity contribution in [3.05, 3.63) is 29.8 Å². The summed E-state index contributed by atoms with van der Waals surface area (Å²) >= 11 is 0. The normalized spacial score (nSPS) is 19.4. The molecule has 0 saturated carbocycles. The Morgan fingerprint density at radius 2 is 2.27 bits per heavy atom. The maximum absolute atomic E-state index is 5.08. The van der Waals surface area contributed by atoms with E-state index in [2.05, 4.69) is 29.6 Å². The van der Waals surface area contributed by atoms with Crippen molar-refractivity contribution in [1.82, 2.24) is 0 Å². The molecule has 0 aromatic heterocycles. The summed E-state index contributed by atoms with van der Waals surface area (Å²) in [7, 11) is 1.77. The zero-order valence-corrected chi connectivity index (χ0v) is 9.33. The molecule has 1 aliphatic heterocycles. The lowest BCUT2D eigenvalue weighted by atomic mass is 9.91. The number of rotatable bonds is 4. The van der Waals surface area contributed by atoms with Crippen molar-refractivity contribution in [3.8, 4) is 0 Å². The minimum Gasteiger partial charge on any atom is -0.385 e. The standard InChI is InChI=1S/C13H19NO/c1-15-8-4-5-11-9-12-6-2-3-7-13(12)14-10-11/h2-3,6-7,11,14H,4-5,8-10H2,1H3/t11-/m1/s1. The van der Waals surface area contributed by atoms with Crippen LogP contribution in [0.25, 0.3) is 0 Å². The van der Waals surface area contributed by atoms with Crippen LogP contribution in [0, 0.1) is 5.92 Å². The van der Waals surface area contributed by atoms with Gasteiger partial charge in [0.05, 0.1) is 0 Å². The molecular weight excluding hydrogens is 186 g/mol. The summed E-state index contributed by atoms with van der Waals surface area (Å²) in [4.78, 5) is 0. The first-order chi connectivity index (χ1) is 7.40. The summed E-state index contributed by atoms with van der Waals surface area (Å²) in [6.07, 6.45) is 3.65. The Bertz CT molecular complexity index is 311. The fourth-order valence-electron chi connectivity index (χ4n) is 2.23. The molecule has 1 aliphatic rings. The molecule has 1 aromatic rings. The van der Waals surface area contributed by atoms with Crippen molar-refractivity contribution < 1.29 is 4.74 Å². The van der Waals surface area contributed by atoms with Crippen LogP contribution in [0.15, 0.2) is 24.3 Å². The first-order valence-corrected chi connectivity index (χ1v) is 5.71. The van der Waals surface area contributed by atoms with E-state index in [-0.39, 0.29) is 0 Å². The van der Waals surface area contributed by atoms with Gasteiger partial charge in [-0.05, 0) is 36.8 Å². The molecule has 0 spiro atoms. The minimum absolute atomic E-state index is 0.773. The van der Waals surface area contributed by atoms with Gasteiger partial charge in [-0.3, -0.25) is 0 Å². The maximum atomic E-state index is 5.08.